The summed E-state index contributed by atoms with van der Waals surface area (Å²) in [6.07, 6.45) is 3.75. The molecule has 5 heteroatoms. The highest BCUT2D eigenvalue weighted by Crippen LogP contribution is 2.64. The van der Waals surface area contributed by atoms with Gasteiger partial charge in [0.05, 0.1) is 0 Å². The van der Waals surface area contributed by atoms with Crippen molar-refractivity contribution in [3.8, 4) is 0 Å². The number of hydrogen-bond acceptors (Lipinski definition) is 3. The number of nitrogens with two attached hydrogens (primary N) is 1. The number of benzene rings is 1. The number of halogens is 1. The molecule has 120 valence electrons. The first-order chi connectivity index (χ1) is 10.2. The van der Waals surface area contributed by atoms with Gasteiger partial charge in [-0.25, -0.2) is 4.79 Å². The van der Waals surface area contributed by atoms with Gasteiger partial charge in [0, 0.05) is 21.7 Å². The second-order valence-corrected chi connectivity index (χ2v) is 7.99. The quantitative estimate of drug-likeness (QED) is 0.876. The van der Waals surface area contributed by atoms with Gasteiger partial charge >= 0.3 is 6.09 Å². The predicted octanol–water partition coefficient (Wildman–Crippen LogP) is 4.21. The molecule has 0 aromatic heterocycles. The Balaban J connectivity index is 1.88. The molecule has 0 radical (unpaired) electrons. The van der Waals surface area contributed by atoms with Crippen molar-refractivity contribution in [3.05, 3.63) is 28.8 Å². The SMILES string of the molecule is CC(C)(C)OC(=O)Nc1cc(Cl)ccc1C1(C2(N)CC2)CC1. The van der Waals surface area contributed by atoms with E-state index in [1.807, 2.05) is 32.9 Å². The smallest absolute Gasteiger partial charge is 0.412 e. The standard InChI is InChI=1S/C17H23ClN2O2/c1-15(2,3)22-14(21)20-13-10-11(18)4-5-12(13)16(6-7-16)17(19)8-9-17/h4-5,10H,6-9,19H2,1-3H3,(H,20,21). The van der Waals surface area contributed by atoms with E-state index in [4.69, 9.17) is 22.1 Å². The van der Waals surface area contributed by atoms with Crippen LogP contribution >= 0.6 is 11.6 Å². The molecule has 0 heterocycles. The van der Waals surface area contributed by atoms with E-state index < -0.39 is 11.7 Å². The maximum atomic E-state index is 12.1. The zero-order valence-electron chi connectivity index (χ0n) is 13.3. The number of hydrogen-bond donors (Lipinski definition) is 2. The summed E-state index contributed by atoms with van der Waals surface area (Å²) in [4.78, 5) is 12.1. The topological polar surface area (TPSA) is 64.3 Å². The molecule has 0 aliphatic heterocycles. The second-order valence-electron chi connectivity index (χ2n) is 7.56. The zero-order chi connectivity index (χ0) is 16.2. The van der Waals surface area contributed by atoms with Gasteiger partial charge < -0.3 is 10.5 Å². The monoisotopic (exact) mass is 322 g/mol. The van der Waals surface area contributed by atoms with Crippen molar-refractivity contribution in [3.63, 3.8) is 0 Å². The number of ether oxygens (including phenoxy) is 1. The lowest BCUT2D eigenvalue weighted by atomic mass is 9.85. The molecule has 1 amide bonds. The highest BCUT2D eigenvalue weighted by molar-refractivity contribution is 6.31. The van der Waals surface area contributed by atoms with Crippen LogP contribution in [0.1, 0.15) is 52.0 Å². The highest BCUT2D eigenvalue weighted by Gasteiger charge is 2.64. The van der Waals surface area contributed by atoms with E-state index in [0.29, 0.717) is 5.02 Å². The van der Waals surface area contributed by atoms with Crippen molar-refractivity contribution in [2.75, 3.05) is 5.32 Å². The fraction of sp³-hybridized carbons (Fsp3) is 0.588. The summed E-state index contributed by atoms with van der Waals surface area (Å²) < 4.78 is 5.35. The number of amides is 1. The van der Waals surface area contributed by atoms with Crippen LogP contribution in [-0.4, -0.2) is 17.2 Å². The minimum Gasteiger partial charge on any atom is -0.444 e. The molecule has 0 unspecified atom stereocenters. The van der Waals surface area contributed by atoms with Gasteiger partial charge in [0.25, 0.3) is 0 Å². The zero-order valence-corrected chi connectivity index (χ0v) is 14.1. The average Bonchev–Trinajstić information content (AvgIpc) is 3.23. The van der Waals surface area contributed by atoms with Crippen LogP contribution in [-0.2, 0) is 10.2 Å². The lowest BCUT2D eigenvalue weighted by Gasteiger charge is -2.27. The molecule has 2 aliphatic rings. The first-order valence-electron chi connectivity index (χ1n) is 7.74. The molecule has 4 nitrogen and oxygen atoms in total. The number of anilines is 1. The van der Waals surface area contributed by atoms with Crippen LogP contribution in [0.15, 0.2) is 18.2 Å². The number of carbonyl (C=O) groups excluding carboxylic acids is 1. The Bertz CT molecular complexity index is 614. The Morgan fingerprint density at radius 2 is 1.91 bits per heavy atom. The van der Waals surface area contributed by atoms with Crippen LogP contribution in [0.4, 0.5) is 10.5 Å². The van der Waals surface area contributed by atoms with E-state index in [1.54, 1.807) is 6.07 Å². The largest absolute Gasteiger partial charge is 0.444 e. The van der Waals surface area contributed by atoms with Crippen LogP contribution in [0.2, 0.25) is 5.02 Å². The van der Waals surface area contributed by atoms with E-state index in [1.165, 1.54) is 0 Å². The Hall–Kier alpha value is -1.26. The molecule has 0 saturated heterocycles. The van der Waals surface area contributed by atoms with Crippen LogP contribution in [0, 0.1) is 0 Å². The van der Waals surface area contributed by atoms with E-state index in [-0.39, 0.29) is 11.0 Å². The van der Waals surface area contributed by atoms with E-state index >= 15 is 0 Å². The van der Waals surface area contributed by atoms with Gasteiger partial charge in [0.15, 0.2) is 0 Å². The van der Waals surface area contributed by atoms with Crippen LogP contribution in [0.25, 0.3) is 0 Å². The molecule has 1 aromatic rings. The van der Waals surface area contributed by atoms with E-state index in [2.05, 4.69) is 5.32 Å². The fourth-order valence-electron chi connectivity index (χ4n) is 3.22. The molecule has 3 N–H and O–H groups in total. The Morgan fingerprint density at radius 1 is 1.27 bits per heavy atom. The lowest BCUT2D eigenvalue weighted by molar-refractivity contribution is 0.0635. The van der Waals surface area contributed by atoms with Gasteiger partial charge in [-0.2, -0.15) is 0 Å². The number of carbonyl (C=O) groups is 1. The van der Waals surface area contributed by atoms with E-state index in [0.717, 1.165) is 36.9 Å². The summed E-state index contributed by atoms with van der Waals surface area (Å²) >= 11 is 6.11. The molecule has 1 aromatic carbocycles. The summed E-state index contributed by atoms with van der Waals surface area (Å²) in [5.41, 5.74) is 7.62. The Kier molecular flexibility index (Phi) is 3.46. The summed E-state index contributed by atoms with van der Waals surface area (Å²) in [7, 11) is 0. The van der Waals surface area contributed by atoms with Gasteiger partial charge in [0.2, 0.25) is 0 Å². The Labute approximate surface area is 136 Å². The Morgan fingerprint density at radius 3 is 2.41 bits per heavy atom. The van der Waals surface area contributed by atoms with Crippen LogP contribution in [0.5, 0.6) is 0 Å². The van der Waals surface area contributed by atoms with Crippen molar-refractivity contribution in [1.82, 2.24) is 0 Å². The molecule has 0 bridgehead atoms. The molecule has 2 saturated carbocycles. The van der Waals surface area contributed by atoms with Crippen molar-refractivity contribution in [2.45, 2.75) is 63.0 Å². The summed E-state index contributed by atoms with van der Waals surface area (Å²) in [5.74, 6) is 0. The van der Waals surface area contributed by atoms with Crippen molar-refractivity contribution in [2.24, 2.45) is 5.73 Å². The molecule has 2 fully saturated rings. The fourth-order valence-corrected chi connectivity index (χ4v) is 3.40. The minimum atomic E-state index is -0.536. The van der Waals surface area contributed by atoms with Gasteiger partial charge in [-0.15, -0.1) is 0 Å². The molecular formula is C17H23ClN2O2. The summed E-state index contributed by atoms with van der Waals surface area (Å²) in [5, 5.41) is 3.44. The maximum Gasteiger partial charge on any atom is 0.412 e. The first-order valence-corrected chi connectivity index (χ1v) is 8.12. The predicted molar refractivity (Wildman–Crippen MR) is 88.4 cm³/mol. The molecule has 22 heavy (non-hydrogen) atoms. The number of nitrogens with one attached hydrogen (secondary N) is 1. The van der Waals surface area contributed by atoms with Crippen LogP contribution < -0.4 is 11.1 Å². The lowest BCUT2D eigenvalue weighted by Crippen LogP contribution is -2.38. The third-order valence-electron chi connectivity index (χ3n) is 4.62. The average molecular weight is 323 g/mol. The molecule has 3 rings (SSSR count). The number of rotatable bonds is 3. The first kappa shape index (κ1) is 15.6. The van der Waals surface area contributed by atoms with Crippen molar-refractivity contribution < 1.29 is 9.53 Å². The van der Waals surface area contributed by atoms with Gasteiger partial charge in [-0.05, 0) is 64.2 Å². The third kappa shape index (κ3) is 2.82. The van der Waals surface area contributed by atoms with Gasteiger partial charge in [-0.3, -0.25) is 5.32 Å². The van der Waals surface area contributed by atoms with Gasteiger partial charge in [-0.1, -0.05) is 17.7 Å². The van der Waals surface area contributed by atoms with Crippen molar-refractivity contribution in [1.29, 1.82) is 0 Å². The maximum absolute atomic E-state index is 12.1. The minimum absolute atomic E-state index is 0.0120. The molecular weight excluding hydrogens is 300 g/mol. The van der Waals surface area contributed by atoms with E-state index in [9.17, 15) is 4.79 Å². The molecule has 2 aliphatic carbocycles. The summed E-state index contributed by atoms with van der Waals surface area (Å²) in [6, 6.07) is 5.64. The van der Waals surface area contributed by atoms with Crippen molar-refractivity contribution >= 4 is 23.4 Å². The van der Waals surface area contributed by atoms with Gasteiger partial charge in [0.1, 0.15) is 5.60 Å². The molecule has 0 atom stereocenters. The molecule has 0 spiro atoms. The summed E-state index contributed by atoms with van der Waals surface area (Å²) in [6.45, 7) is 5.52. The third-order valence-corrected chi connectivity index (χ3v) is 4.86. The normalized spacial score (nSPS) is 21.1. The second kappa shape index (κ2) is 4.87. The van der Waals surface area contributed by atoms with Crippen LogP contribution in [0.3, 0.4) is 0 Å². The highest BCUT2D eigenvalue weighted by atomic mass is 35.5.